The van der Waals surface area contributed by atoms with Crippen LogP contribution in [-0.4, -0.2) is 41.0 Å². The van der Waals surface area contributed by atoms with Crippen LogP contribution in [0.2, 0.25) is 0 Å². The van der Waals surface area contributed by atoms with Gasteiger partial charge in [-0.15, -0.1) is 0 Å². The van der Waals surface area contributed by atoms with Crippen molar-refractivity contribution in [3.8, 4) is 5.75 Å². The van der Waals surface area contributed by atoms with E-state index in [1.54, 1.807) is 19.5 Å². The number of para-hydroxylation sites is 1. The lowest BCUT2D eigenvalue weighted by molar-refractivity contribution is 0.0696. The number of hydrogen-bond donors (Lipinski definition) is 1. The van der Waals surface area contributed by atoms with E-state index >= 15 is 0 Å². The Labute approximate surface area is 148 Å². The normalized spacial score (nSPS) is 15.0. The quantitative estimate of drug-likeness (QED) is 0.906. The van der Waals surface area contributed by atoms with Crippen molar-refractivity contribution in [2.45, 2.75) is 26.3 Å². The van der Waals surface area contributed by atoms with Gasteiger partial charge in [0.15, 0.2) is 0 Å². The van der Waals surface area contributed by atoms with Crippen LogP contribution < -0.4 is 10.1 Å². The van der Waals surface area contributed by atoms with Crippen LogP contribution in [0, 0.1) is 5.92 Å². The number of carbonyl (C=O) groups excluding carboxylic acids is 1. The topological polar surface area (TPSA) is 67.3 Å². The molecule has 0 spiro atoms. The zero-order valence-electron chi connectivity index (χ0n) is 14.7. The van der Waals surface area contributed by atoms with Crippen molar-refractivity contribution in [3.63, 3.8) is 0 Å². The molecule has 1 aromatic heterocycles. The number of anilines is 1. The molecular formula is C19H24N4O2. The number of amides is 1. The zero-order chi connectivity index (χ0) is 17.6. The van der Waals surface area contributed by atoms with Gasteiger partial charge in [-0.1, -0.05) is 25.1 Å². The fourth-order valence-electron chi connectivity index (χ4n) is 2.95. The first kappa shape index (κ1) is 17.2. The molecule has 2 heterocycles. The number of carbonyl (C=O) groups is 1. The van der Waals surface area contributed by atoms with Crippen LogP contribution in [0.5, 0.6) is 5.75 Å². The van der Waals surface area contributed by atoms with Crippen LogP contribution in [0.3, 0.4) is 0 Å². The molecule has 2 aromatic rings. The summed E-state index contributed by atoms with van der Waals surface area (Å²) >= 11 is 0. The van der Waals surface area contributed by atoms with Crippen molar-refractivity contribution in [1.29, 1.82) is 0 Å². The molecule has 1 saturated heterocycles. The van der Waals surface area contributed by atoms with E-state index in [1.807, 2.05) is 29.2 Å². The van der Waals surface area contributed by atoms with Gasteiger partial charge in [0.25, 0.3) is 5.91 Å². The van der Waals surface area contributed by atoms with E-state index in [-0.39, 0.29) is 5.91 Å². The summed E-state index contributed by atoms with van der Waals surface area (Å²) in [6.45, 7) is 4.41. The van der Waals surface area contributed by atoms with Crippen LogP contribution >= 0.6 is 0 Å². The van der Waals surface area contributed by atoms with Gasteiger partial charge in [-0.05, 0) is 24.8 Å². The van der Waals surface area contributed by atoms with Crippen LogP contribution in [0.25, 0.3) is 0 Å². The van der Waals surface area contributed by atoms with E-state index in [2.05, 4.69) is 22.2 Å². The number of hydrogen-bond acceptors (Lipinski definition) is 5. The zero-order valence-corrected chi connectivity index (χ0v) is 14.7. The van der Waals surface area contributed by atoms with Gasteiger partial charge in [0.2, 0.25) is 5.95 Å². The Morgan fingerprint density at radius 3 is 2.60 bits per heavy atom. The van der Waals surface area contributed by atoms with Crippen molar-refractivity contribution in [2.24, 2.45) is 5.92 Å². The van der Waals surface area contributed by atoms with Gasteiger partial charge in [-0.25, -0.2) is 9.97 Å². The van der Waals surface area contributed by atoms with Crippen molar-refractivity contribution in [3.05, 3.63) is 47.8 Å². The molecule has 0 atom stereocenters. The van der Waals surface area contributed by atoms with Crippen molar-refractivity contribution >= 4 is 11.9 Å². The third-order valence-corrected chi connectivity index (χ3v) is 4.60. The summed E-state index contributed by atoms with van der Waals surface area (Å²) < 4.78 is 5.33. The molecule has 3 rings (SSSR count). The van der Waals surface area contributed by atoms with Gasteiger partial charge in [0, 0.05) is 37.6 Å². The molecule has 0 aliphatic carbocycles. The SMILES string of the molecule is COc1ccccc1CNc1ncc(C(=O)N2CCC(C)CC2)cn1. The first-order chi connectivity index (χ1) is 12.2. The standard InChI is InChI=1S/C19H24N4O2/c1-14-7-9-23(10-8-14)18(24)16-12-21-19(22-13-16)20-11-15-5-3-4-6-17(15)25-2/h3-6,12-14H,7-11H2,1-2H3,(H,20,21,22). The van der Waals surface area contributed by atoms with Crippen LogP contribution in [0.4, 0.5) is 5.95 Å². The van der Waals surface area contributed by atoms with E-state index in [4.69, 9.17) is 4.74 Å². The maximum Gasteiger partial charge on any atom is 0.256 e. The van der Waals surface area contributed by atoms with Gasteiger partial charge >= 0.3 is 0 Å². The minimum Gasteiger partial charge on any atom is -0.496 e. The molecule has 1 fully saturated rings. The fourth-order valence-corrected chi connectivity index (χ4v) is 2.95. The summed E-state index contributed by atoms with van der Waals surface area (Å²) in [5.41, 5.74) is 1.56. The predicted octanol–water partition coefficient (Wildman–Crippen LogP) is 2.97. The molecule has 1 amide bonds. The monoisotopic (exact) mass is 340 g/mol. The van der Waals surface area contributed by atoms with Crippen LogP contribution in [0.1, 0.15) is 35.7 Å². The van der Waals surface area contributed by atoms with E-state index in [0.29, 0.717) is 24.0 Å². The van der Waals surface area contributed by atoms with E-state index in [9.17, 15) is 4.79 Å². The van der Waals surface area contributed by atoms with E-state index in [0.717, 1.165) is 37.2 Å². The highest BCUT2D eigenvalue weighted by Gasteiger charge is 2.21. The maximum atomic E-state index is 12.5. The lowest BCUT2D eigenvalue weighted by Gasteiger charge is -2.30. The molecule has 1 aliphatic rings. The lowest BCUT2D eigenvalue weighted by atomic mass is 9.99. The number of nitrogens with one attached hydrogen (secondary N) is 1. The Morgan fingerprint density at radius 1 is 1.24 bits per heavy atom. The number of rotatable bonds is 5. The van der Waals surface area contributed by atoms with Crippen LogP contribution in [0.15, 0.2) is 36.7 Å². The highest BCUT2D eigenvalue weighted by molar-refractivity contribution is 5.93. The first-order valence-corrected chi connectivity index (χ1v) is 8.64. The predicted molar refractivity (Wildman–Crippen MR) is 96.7 cm³/mol. The fraction of sp³-hybridized carbons (Fsp3) is 0.421. The Kier molecular flexibility index (Phi) is 5.48. The molecule has 1 aliphatic heterocycles. The number of benzene rings is 1. The molecule has 1 N–H and O–H groups in total. The Balaban J connectivity index is 1.59. The molecule has 0 bridgehead atoms. The number of methoxy groups -OCH3 is 1. The second kappa shape index (κ2) is 7.96. The minimum atomic E-state index is 0.0168. The Hall–Kier alpha value is -2.63. The molecule has 0 saturated carbocycles. The summed E-state index contributed by atoms with van der Waals surface area (Å²) in [7, 11) is 1.65. The van der Waals surface area contributed by atoms with Gasteiger partial charge in [0.05, 0.1) is 12.7 Å². The average molecular weight is 340 g/mol. The number of piperidine rings is 1. The Bertz CT molecular complexity index is 710. The summed E-state index contributed by atoms with van der Waals surface area (Å²) in [6.07, 6.45) is 5.31. The van der Waals surface area contributed by atoms with E-state index < -0.39 is 0 Å². The third kappa shape index (κ3) is 4.26. The lowest BCUT2D eigenvalue weighted by Crippen LogP contribution is -2.38. The minimum absolute atomic E-state index is 0.0168. The van der Waals surface area contributed by atoms with Crippen molar-refractivity contribution in [1.82, 2.24) is 14.9 Å². The molecule has 6 nitrogen and oxygen atoms in total. The molecular weight excluding hydrogens is 316 g/mol. The summed E-state index contributed by atoms with van der Waals surface area (Å²) in [6, 6.07) is 7.79. The van der Waals surface area contributed by atoms with Crippen molar-refractivity contribution in [2.75, 3.05) is 25.5 Å². The molecule has 1 aromatic carbocycles. The van der Waals surface area contributed by atoms with Gasteiger partial charge in [0.1, 0.15) is 5.75 Å². The molecule has 132 valence electrons. The summed E-state index contributed by atoms with van der Waals surface area (Å²) in [5.74, 6) is 2.03. The maximum absolute atomic E-state index is 12.5. The smallest absolute Gasteiger partial charge is 0.256 e. The molecule has 0 unspecified atom stereocenters. The molecule has 6 heteroatoms. The number of ether oxygens (including phenoxy) is 1. The van der Waals surface area contributed by atoms with Crippen molar-refractivity contribution < 1.29 is 9.53 Å². The van der Waals surface area contributed by atoms with Gasteiger partial charge in [-0.3, -0.25) is 4.79 Å². The largest absolute Gasteiger partial charge is 0.496 e. The van der Waals surface area contributed by atoms with E-state index in [1.165, 1.54) is 0 Å². The van der Waals surface area contributed by atoms with Gasteiger partial charge < -0.3 is 15.0 Å². The third-order valence-electron chi connectivity index (χ3n) is 4.60. The number of likely N-dealkylation sites (tertiary alicyclic amines) is 1. The molecule has 0 radical (unpaired) electrons. The van der Waals surface area contributed by atoms with Crippen LogP contribution in [-0.2, 0) is 6.54 Å². The number of nitrogens with zero attached hydrogens (tertiary/aromatic N) is 3. The Morgan fingerprint density at radius 2 is 1.92 bits per heavy atom. The molecule has 25 heavy (non-hydrogen) atoms. The first-order valence-electron chi connectivity index (χ1n) is 8.64. The average Bonchev–Trinajstić information content (AvgIpc) is 2.67. The second-order valence-electron chi connectivity index (χ2n) is 6.44. The van der Waals surface area contributed by atoms with Gasteiger partial charge in [-0.2, -0.15) is 0 Å². The summed E-state index contributed by atoms with van der Waals surface area (Å²) in [4.78, 5) is 22.9. The highest BCUT2D eigenvalue weighted by Crippen LogP contribution is 2.19. The number of aromatic nitrogens is 2. The second-order valence-corrected chi connectivity index (χ2v) is 6.44. The summed E-state index contributed by atoms with van der Waals surface area (Å²) in [5, 5.41) is 3.16. The highest BCUT2D eigenvalue weighted by atomic mass is 16.5.